The van der Waals surface area contributed by atoms with Gasteiger partial charge in [-0.25, -0.2) is 0 Å². The van der Waals surface area contributed by atoms with Crippen molar-refractivity contribution in [1.29, 1.82) is 0 Å². The Labute approximate surface area is 171 Å². The van der Waals surface area contributed by atoms with E-state index in [0.29, 0.717) is 49.9 Å². The van der Waals surface area contributed by atoms with Crippen LogP contribution in [0.1, 0.15) is 66.2 Å². The minimum Gasteiger partial charge on any atom is -0.353 e. The summed E-state index contributed by atoms with van der Waals surface area (Å²) in [4.78, 5) is 12.9. The molecule has 7 heteroatoms. The molecular weight excluding hydrogens is 374 g/mol. The number of nitrogens with zero attached hydrogens (tertiary/aromatic N) is 2. The maximum atomic E-state index is 13.2. The monoisotopic (exact) mass is 413 g/mol. The first-order valence-corrected chi connectivity index (χ1v) is 12.6. The van der Waals surface area contributed by atoms with E-state index in [4.69, 9.17) is 0 Å². The molecule has 6 unspecified atom stereocenters. The van der Waals surface area contributed by atoms with E-state index in [0.717, 1.165) is 32.1 Å². The lowest BCUT2D eigenvalue weighted by Crippen LogP contribution is -2.54. The zero-order chi connectivity index (χ0) is 20.5. The van der Waals surface area contributed by atoms with E-state index in [9.17, 15) is 13.2 Å². The molecule has 1 aliphatic carbocycles. The topological polar surface area (TPSA) is 69.7 Å². The summed E-state index contributed by atoms with van der Waals surface area (Å²) in [6.45, 7) is 10.8. The molecule has 6 atom stereocenters. The molecule has 2 heterocycles. The highest BCUT2D eigenvalue weighted by atomic mass is 32.2. The highest BCUT2D eigenvalue weighted by Gasteiger charge is 2.39. The molecule has 0 bridgehead atoms. The predicted octanol–water partition coefficient (Wildman–Crippen LogP) is 2.86. The van der Waals surface area contributed by atoms with Crippen LogP contribution in [-0.4, -0.2) is 55.2 Å². The first-order valence-electron chi connectivity index (χ1n) is 11.2. The van der Waals surface area contributed by atoms with Gasteiger partial charge in [0.05, 0.1) is 5.92 Å². The third kappa shape index (κ3) is 4.90. The molecule has 0 aromatic heterocycles. The Morgan fingerprint density at radius 2 is 1.57 bits per heavy atom. The van der Waals surface area contributed by atoms with Crippen molar-refractivity contribution in [2.45, 2.75) is 72.3 Å². The van der Waals surface area contributed by atoms with Gasteiger partial charge in [0, 0.05) is 32.2 Å². The molecule has 0 aromatic rings. The number of hydrogen-bond acceptors (Lipinski definition) is 3. The molecule has 1 N–H and O–H groups in total. The Morgan fingerprint density at radius 3 is 2.25 bits per heavy atom. The molecule has 6 nitrogen and oxygen atoms in total. The number of amides is 1. The summed E-state index contributed by atoms with van der Waals surface area (Å²) in [5.74, 6) is 1.70. The Morgan fingerprint density at radius 1 is 0.893 bits per heavy atom. The van der Waals surface area contributed by atoms with E-state index in [1.807, 2.05) is 0 Å². The zero-order valence-electron chi connectivity index (χ0n) is 18.1. The Bertz CT molecular complexity index is 643. The van der Waals surface area contributed by atoms with Crippen LogP contribution in [-0.2, 0) is 15.0 Å². The van der Waals surface area contributed by atoms with Crippen molar-refractivity contribution in [1.82, 2.24) is 13.9 Å². The van der Waals surface area contributed by atoms with Gasteiger partial charge in [-0.15, -0.1) is 0 Å². The number of carbonyl (C=O) groups is 1. The first kappa shape index (κ1) is 22.0. The van der Waals surface area contributed by atoms with Gasteiger partial charge >= 0.3 is 0 Å². The second-order valence-corrected chi connectivity index (χ2v) is 11.8. The first-order chi connectivity index (χ1) is 13.2. The van der Waals surface area contributed by atoms with Crippen LogP contribution in [0.15, 0.2) is 0 Å². The van der Waals surface area contributed by atoms with Gasteiger partial charge in [-0.2, -0.15) is 17.0 Å². The molecule has 2 aliphatic heterocycles. The second kappa shape index (κ2) is 9.00. The average Bonchev–Trinajstić information content (AvgIpc) is 2.64. The van der Waals surface area contributed by atoms with Gasteiger partial charge in [-0.05, 0) is 49.4 Å². The fourth-order valence-electron chi connectivity index (χ4n) is 5.41. The van der Waals surface area contributed by atoms with Crippen LogP contribution >= 0.6 is 0 Å². The van der Waals surface area contributed by atoms with Crippen molar-refractivity contribution in [2.75, 3.05) is 26.2 Å². The lowest BCUT2D eigenvalue weighted by atomic mass is 9.78. The molecule has 0 spiro atoms. The van der Waals surface area contributed by atoms with Crippen LogP contribution in [0, 0.1) is 29.6 Å². The lowest BCUT2D eigenvalue weighted by Gasteiger charge is -2.40. The van der Waals surface area contributed by atoms with Crippen LogP contribution in [0.25, 0.3) is 0 Å². The summed E-state index contributed by atoms with van der Waals surface area (Å²) >= 11 is 0. The number of piperidine rings is 2. The van der Waals surface area contributed by atoms with E-state index in [2.05, 4.69) is 33.0 Å². The fourth-order valence-corrected chi connectivity index (χ4v) is 7.35. The molecule has 0 aromatic carbocycles. The van der Waals surface area contributed by atoms with Crippen molar-refractivity contribution in [2.24, 2.45) is 29.6 Å². The molecule has 3 rings (SSSR count). The van der Waals surface area contributed by atoms with E-state index in [1.54, 1.807) is 8.61 Å². The predicted molar refractivity (Wildman–Crippen MR) is 112 cm³/mol. The van der Waals surface area contributed by atoms with Gasteiger partial charge in [0.2, 0.25) is 5.91 Å². The summed E-state index contributed by atoms with van der Waals surface area (Å²) in [7, 11) is -3.48. The second-order valence-electron chi connectivity index (χ2n) is 9.85. The van der Waals surface area contributed by atoms with Crippen LogP contribution in [0.2, 0.25) is 0 Å². The van der Waals surface area contributed by atoms with Crippen molar-refractivity contribution in [3.8, 4) is 0 Å². The van der Waals surface area contributed by atoms with Gasteiger partial charge < -0.3 is 5.32 Å². The van der Waals surface area contributed by atoms with E-state index < -0.39 is 10.2 Å². The molecule has 2 saturated heterocycles. The molecule has 162 valence electrons. The summed E-state index contributed by atoms with van der Waals surface area (Å²) < 4.78 is 29.6. The van der Waals surface area contributed by atoms with Crippen LogP contribution in [0.3, 0.4) is 0 Å². The van der Waals surface area contributed by atoms with Crippen molar-refractivity contribution in [3.63, 3.8) is 0 Å². The highest BCUT2D eigenvalue weighted by Crippen LogP contribution is 2.31. The summed E-state index contributed by atoms with van der Waals surface area (Å²) in [5.41, 5.74) is 0. The van der Waals surface area contributed by atoms with E-state index in [-0.39, 0.29) is 17.9 Å². The van der Waals surface area contributed by atoms with E-state index >= 15 is 0 Å². The number of nitrogens with one attached hydrogen (secondary N) is 1. The SMILES string of the molecule is CC1CC(C)CN(S(=O)(=O)N2CCCC(C(=O)NC3CCCC(C)C3C)C2)C1. The summed E-state index contributed by atoms with van der Waals surface area (Å²) in [6, 6.07) is 0.229. The highest BCUT2D eigenvalue weighted by molar-refractivity contribution is 7.86. The maximum Gasteiger partial charge on any atom is 0.282 e. The minimum absolute atomic E-state index is 0.0474. The molecule has 1 amide bonds. The standard InChI is InChI=1S/C21H39N3O3S/c1-15-11-16(2)13-24(12-15)28(26,27)23-10-6-8-19(14-23)21(25)22-20-9-5-7-17(3)18(20)4/h15-20H,5-14H2,1-4H3,(H,22,25). The van der Waals surface area contributed by atoms with Crippen molar-refractivity contribution >= 4 is 16.1 Å². The molecule has 1 saturated carbocycles. The lowest BCUT2D eigenvalue weighted by molar-refractivity contribution is -0.127. The third-order valence-corrected chi connectivity index (χ3v) is 9.21. The van der Waals surface area contributed by atoms with Gasteiger partial charge in [-0.3, -0.25) is 4.79 Å². The van der Waals surface area contributed by atoms with Gasteiger partial charge in [0.25, 0.3) is 10.2 Å². The normalized spacial score (nSPS) is 38.9. The van der Waals surface area contributed by atoms with Gasteiger partial charge in [-0.1, -0.05) is 40.5 Å². The van der Waals surface area contributed by atoms with Gasteiger partial charge in [0.15, 0.2) is 0 Å². The number of rotatable bonds is 4. The fraction of sp³-hybridized carbons (Fsp3) is 0.952. The molecule has 3 aliphatic rings. The van der Waals surface area contributed by atoms with Crippen LogP contribution in [0.5, 0.6) is 0 Å². The molecule has 28 heavy (non-hydrogen) atoms. The van der Waals surface area contributed by atoms with E-state index in [1.165, 1.54) is 6.42 Å². The summed E-state index contributed by atoms with van der Waals surface area (Å²) in [6.07, 6.45) is 6.04. The van der Waals surface area contributed by atoms with Gasteiger partial charge in [0.1, 0.15) is 0 Å². The Kier molecular flexibility index (Phi) is 7.09. The summed E-state index contributed by atoms with van der Waals surface area (Å²) in [5, 5.41) is 3.26. The maximum absolute atomic E-state index is 13.2. The molecular formula is C21H39N3O3S. The largest absolute Gasteiger partial charge is 0.353 e. The van der Waals surface area contributed by atoms with Crippen LogP contribution in [0.4, 0.5) is 0 Å². The Balaban J connectivity index is 1.62. The van der Waals surface area contributed by atoms with Crippen molar-refractivity contribution < 1.29 is 13.2 Å². The third-order valence-electron chi connectivity index (χ3n) is 7.28. The smallest absolute Gasteiger partial charge is 0.282 e. The minimum atomic E-state index is -3.48. The zero-order valence-corrected chi connectivity index (χ0v) is 18.9. The number of carbonyl (C=O) groups excluding carboxylic acids is 1. The quantitative estimate of drug-likeness (QED) is 0.770. The molecule has 0 radical (unpaired) electrons. The molecule has 3 fully saturated rings. The average molecular weight is 414 g/mol. The number of hydrogen-bond donors (Lipinski definition) is 1. The van der Waals surface area contributed by atoms with Crippen molar-refractivity contribution in [3.05, 3.63) is 0 Å². The van der Waals surface area contributed by atoms with Crippen LogP contribution < -0.4 is 5.32 Å². The Hall–Kier alpha value is -0.660.